The van der Waals surface area contributed by atoms with E-state index in [9.17, 15) is 14.3 Å². The van der Waals surface area contributed by atoms with Gasteiger partial charge >= 0.3 is 5.97 Å². The molecule has 0 aliphatic heterocycles. The first-order valence-electron chi connectivity index (χ1n) is 6.83. The van der Waals surface area contributed by atoms with E-state index in [-0.39, 0.29) is 12.1 Å². The van der Waals surface area contributed by atoms with Crippen LogP contribution in [0.2, 0.25) is 0 Å². The molecule has 1 saturated carbocycles. The first-order chi connectivity index (χ1) is 9.95. The standard InChI is InChI=1S/C15H17FN2O3/c16-12-2-1-3-13(11(12)8-17)18-9-15(21)6-4-10(5-7-15)14(19)20/h1-3,10,18,21H,4-7,9H2,(H,19,20). The van der Waals surface area contributed by atoms with E-state index in [1.54, 1.807) is 12.1 Å². The summed E-state index contributed by atoms with van der Waals surface area (Å²) in [4.78, 5) is 10.9. The number of aliphatic carboxylic acids is 1. The summed E-state index contributed by atoms with van der Waals surface area (Å²) >= 11 is 0. The van der Waals surface area contributed by atoms with E-state index < -0.39 is 23.3 Å². The third-order valence-electron chi connectivity index (χ3n) is 4.00. The van der Waals surface area contributed by atoms with Crippen LogP contribution >= 0.6 is 0 Å². The van der Waals surface area contributed by atoms with Gasteiger partial charge < -0.3 is 15.5 Å². The van der Waals surface area contributed by atoms with Crippen molar-refractivity contribution in [2.45, 2.75) is 31.3 Å². The number of hydrogen-bond donors (Lipinski definition) is 3. The number of benzene rings is 1. The quantitative estimate of drug-likeness (QED) is 0.790. The topological polar surface area (TPSA) is 93.4 Å². The van der Waals surface area contributed by atoms with Gasteiger partial charge in [0.05, 0.1) is 17.2 Å². The molecule has 6 heteroatoms. The molecule has 1 aromatic rings. The summed E-state index contributed by atoms with van der Waals surface area (Å²) in [6.45, 7) is 0.164. The molecule has 21 heavy (non-hydrogen) atoms. The summed E-state index contributed by atoms with van der Waals surface area (Å²) in [5.41, 5.74) is -0.767. The third kappa shape index (κ3) is 3.50. The summed E-state index contributed by atoms with van der Waals surface area (Å²) in [6, 6.07) is 6.06. The van der Waals surface area contributed by atoms with Gasteiger partial charge in [-0.15, -0.1) is 0 Å². The van der Waals surface area contributed by atoms with Crippen molar-refractivity contribution < 1.29 is 19.4 Å². The van der Waals surface area contributed by atoms with Gasteiger partial charge in [0, 0.05) is 6.54 Å². The molecule has 112 valence electrons. The van der Waals surface area contributed by atoms with Gasteiger partial charge in [-0.3, -0.25) is 4.79 Å². The lowest BCUT2D eigenvalue weighted by molar-refractivity contribution is -0.144. The second-order valence-electron chi connectivity index (χ2n) is 5.46. The van der Waals surface area contributed by atoms with Crippen molar-refractivity contribution in [2.24, 2.45) is 5.92 Å². The molecular weight excluding hydrogens is 275 g/mol. The predicted octanol–water partition coefficient (Wildman–Crippen LogP) is 2.12. The van der Waals surface area contributed by atoms with Crippen LogP contribution in [-0.2, 0) is 4.79 Å². The fourth-order valence-electron chi connectivity index (χ4n) is 2.62. The fraction of sp³-hybridized carbons (Fsp3) is 0.467. The number of nitrogens with one attached hydrogen (secondary N) is 1. The number of nitriles is 1. The second-order valence-corrected chi connectivity index (χ2v) is 5.46. The zero-order chi connectivity index (χ0) is 15.5. The summed E-state index contributed by atoms with van der Waals surface area (Å²) in [7, 11) is 0. The van der Waals surface area contributed by atoms with Crippen molar-refractivity contribution in [3.8, 4) is 6.07 Å². The van der Waals surface area contributed by atoms with Gasteiger partial charge in [-0.05, 0) is 37.8 Å². The lowest BCUT2D eigenvalue weighted by Crippen LogP contribution is -2.42. The van der Waals surface area contributed by atoms with Crippen molar-refractivity contribution in [1.29, 1.82) is 5.26 Å². The molecule has 1 fully saturated rings. The summed E-state index contributed by atoms with van der Waals surface area (Å²) < 4.78 is 13.5. The minimum Gasteiger partial charge on any atom is -0.481 e. The van der Waals surface area contributed by atoms with Gasteiger partial charge in [0.25, 0.3) is 0 Å². The normalized spacial score (nSPS) is 25.1. The van der Waals surface area contributed by atoms with E-state index >= 15 is 0 Å². The van der Waals surface area contributed by atoms with E-state index in [4.69, 9.17) is 10.4 Å². The van der Waals surface area contributed by atoms with Crippen LogP contribution in [0.4, 0.5) is 10.1 Å². The van der Waals surface area contributed by atoms with E-state index in [2.05, 4.69) is 5.32 Å². The highest BCUT2D eigenvalue weighted by Gasteiger charge is 2.35. The number of carboxylic acids is 1. The van der Waals surface area contributed by atoms with Crippen LogP contribution in [0.5, 0.6) is 0 Å². The maximum Gasteiger partial charge on any atom is 0.306 e. The van der Waals surface area contributed by atoms with Crippen LogP contribution in [-0.4, -0.2) is 28.3 Å². The Balaban J connectivity index is 1.99. The Morgan fingerprint density at radius 3 is 2.71 bits per heavy atom. The smallest absolute Gasteiger partial charge is 0.306 e. The molecule has 0 heterocycles. The molecule has 0 radical (unpaired) electrons. The van der Waals surface area contributed by atoms with Crippen molar-refractivity contribution in [3.63, 3.8) is 0 Å². The zero-order valence-corrected chi connectivity index (χ0v) is 11.5. The Morgan fingerprint density at radius 1 is 1.48 bits per heavy atom. The van der Waals surface area contributed by atoms with Crippen LogP contribution in [0.15, 0.2) is 18.2 Å². The molecule has 0 unspecified atom stereocenters. The average molecular weight is 292 g/mol. The highest BCUT2D eigenvalue weighted by Crippen LogP contribution is 2.32. The zero-order valence-electron chi connectivity index (χ0n) is 11.5. The second kappa shape index (κ2) is 6.10. The molecule has 0 spiro atoms. The fourth-order valence-corrected chi connectivity index (χ4v) is 2.62. The van der Waals surface area contributed by atoms with Crippen LogP contribution < -0.4 is 5.32 Å². The van der Waals surface area contributed by atoms with Crippen LogP contribution in [0.3, 0.4) is 0 Å². The number of hydrogen-bond acceptors (Lipinski definition) is 4. The van der Waals surface area contributed by atoms with Crippen LogP contribution in [0.1, 0.15) is 31.2 Å². The minimum atomic E-state index is -1.02. The number of carbonyl (C=O) groups is 1. The number of aliphatic hydroxyl groups is 1. The largest absolute Gasteiger partial charge is 0.481 e. The number of halogens is 1. The molecule has 0 aromatic heterocycles. The van der Waals surface area contributed by atoms with Gasteiger partial charge in [0.2, 0.25) is 0 Å². The molecule has 1 aliphatic rings. The van der Waals surface area contributed by atoms with Crippen molar-refractivity contribution in [2.75, 3.05) is 11.9 Å². The number of rotatable bonds is 4. The third-order valence-corrected chi connectivity index (χ3v) is 4.00. The Bertz CT molecular complexity index is 575. The Hall–Kier alpha value is -2.13. The van der Waals surface area contributed by atoms with Crippen molar-refractivity contribution in [3.05, 3.63) is 29.6 Å². The number of nitrogens with zero attached hydrogens (tertiary/aromatic N) is 1. The maximum absolute atomic E-state index is 13.5. The highest BCUT2D eigenvalue weighted by atomic mass is 19.1. The molecule has 0 amide bonds. The van der Waals surface area contributed by atoms with Gasteiger partial charge in [0.15, 0.2) is 0 Å². The lowest BCUT2D eigenvalue weighted by Gasteiger charge is -2.35. The highest BCUT2D eigenvalue weighted by molar-refractivity contribution is 5.70. The number of anilines is 1. The molecule has 3 N–H and O–H groups in total. The predicted molar refractivity (Wildman–Crippen MR) is 74.1 cm³/mol. The maximum atomic E-state index is 13.5. The minimum absolute atomic E-state index is 0.0830. The molecular formula is C15H17FN2O3. The summed E-state index contributed by atoms with van der Waals surface area (Å²) in [6.07, 6.45) is 1.58. The van der Waals surface area contributed by atoms with Crippen molar-refractivity contribution >= 4 is 11.7 Å². The Kier molecular flexibility index (Phi) is 4.43. The van der Waals surface area contributed by atoms with E-state index in [1.165, 1.54) is 12.1 Å². The first kappa shape index (κ1) is 15.3. The van der Waals surface area contributed by atoms with Gasteiger partial charge in [-0.2, -0.15) is 5.26 Å². The van der Waals surface area contributed by atoms with Gasteiger partial charge in [-0.25, -0.2) is 4.39 Å². The monoisotopic (exact) mass is 292 g/mol. The molecule has 0 bridgehead atoms. The number of carboxylic acid groups (broad SMARTS) is 1. The van der Waals surface area contributed by atoms with Crippen LogP contribution in [0, 0.1) is 23.1 Å². The SMILES string of the molecule is N#Cc1c(F)cccc1NCC1(O)CCC(C(=O)O)CC1. The molecule has 0 saturated heterocycles. The Labute approximate surface area is 122 Å². The molecule has 1 aliphatic carbocycles. The Morgan fingerprint density at radius 2 is 2.14 bits per heavy atom. The average Bonchev–Trinajstić information content (AvgIpc) is 2.46. The summed E-state index contributed by atoms with van der Waals surface area (Å²) in [5, 5.41) is 31.2. The van der Waals surface area contributed by atoms with E-state index in [1.807, 2.05) is 0 Å². The van der Waals surface area contributed by atoms with Crippen molar-refractivity contribution in [1.82, 2.24) is 0 Å². The van der Waals surface area contributed by atoms with E-state index in [0.717, 1.165) is 0 Å². The lowest BCUT2D eigenvalue weighted by atomic mass is 9.79. The van der Waals surface area contributed by atoms with Gasteiger partial charge in [0.1, 0.15) is 17.4 Å². The molecule has 0 atom stereocenters. The molecule has 2 rings (SSSR count). The molecule has 1 aromatic carbocycles. The van der Waals surface area contributed by atoms with Gasteiger partial charge in [-0.1, -0.05) is 6.07 Å². The molecule has 5 nitrogen and oxygen atoms in total. The van der Waals surface area contributed by atoms with Crippen LogP contribution in [0.25, 0.3) is 0 Å². The summed E-state index contributed by atoms with van der Waals surface area (Å²) in [5.74, 6) is -1.85. The first-order valence-corrected chi connectivity index (χ1v) is 6.83. The van der Waals surface area contributed by atoms with E-state index in [0.29, 0.717) is 31.4 Å².